The summed E-state index contributed by atoms with van der Waals surface area (Å²) in [6.07, 6.45) is 4.95. The fourth-order valence-electron chi connectivity index (χ4n) is 0.787. The lowest BCUT2D eigenvalue weighted by molar-refractivity contribution is -0.133. The van der Waals surface area contributed by atoms with Gasteiger partial charge in [-0.3, -0.25) is 0 Å². The van der Waals surface area contributed by atoms with Crippen molar-refractivity contribution in [1.29, 1.82) is 10.8 Å². The van der Waals surface area contributed by atoms with Crippen LogP contribution in [-0.4, -0.2) is 28.2 Å². The summed E-state index contributed by atoms with van der Waals surface area (Å²) in [7, 11) is 0. The van der Waals surface area contributed by atoms with Crippen LogP contribution in [0.4, 0.5) is 0 Å². The topological polar surface area (TPSA) is 122 Å². The fourth-order valence-corrected chi connectivity index (χ4v) is 0.787. The van der Waals surface area contributed by atoms with Crippen molar-refractivity contribution in [2.45, 2.75) is 40.5 Å². The minimum absolute atomic E-state index is 0.424. The molecule has 0 aromatic carbocycles. The van der Waals surface area contributed by atoms with Crippen LogP contribution in [0.5, 0.6) is 0 Å². The second-order valence-corrected chi connectivity index (χ2v) is 3.33. The highest BCUT2D eigenvalue weighted by atomic mass is 16.4. The highest BCUT2D eigenvalue weighted by molar-refractivity contribution is 5.86. The smallest absolute Gasteiger partial charge is 0.330 e. The molecule has 19 heavy (non-hydrogen) atoms. The van der Waals surface area contributed by atoms with Crippen molar-refractivity contribution in [3.63, 3.8) is 0 Å². The Labute approximate surface area is 113 Å². The maximum absolute atomic E-state index is 10.0. The Morgan fingerprint density at radius 1 is 0.947 bits per heavy atom. The number of aliphatic carboxylic acids is 2. The Bertz CT molecular complexity index is 335. The molecule has 4 N–H and O–H groups in total. The second kappa shape index (κ2) is 15.8. The predicted octanol–water partition coefficient (Wildman–Crippen LogP) is 3.17. The zero-order valence-electron chi connectivity index (χ0n) is 11.8. The van der Waals surface area contributed by atoms with Crippen molar-refractivity contribution in [1.82, 2.24) is 0 Å². The molecular formula is C13H22N2O4. The summed E-state index contributed by atoms with van der Waals surface area (Å²) in [6, 6.07) is 1.25. The van der Waals surface area contributed by atoms with E-state index in [0.29, 0.717) is 11.1 Å². The lowest BCUT2D eigenvalue weighted by Gasteiger charge is -1.87. The molecule has 0 amide bonds. The zero-order valence-corrected chi connectivity index (χ0v) is 11.8. The zero-order chi connectivity index (χ0) is 15.8. The van der Waals surface area contributed by atoms with Crippen LogP contribution in [0.1, 0.15) is 40.5 Å². The number of allylic oxidation sites excluding steroid dienone is 2. The number of nitrogens with one attached hydrogen (secondary N) is 2. The molecule has 0 aromatic heterocycles. The Kier molecular flexibility index (Phi) is 18.3. The van der Waals surface area contributed by atoms with Gasteiger partial charge >= 0.3 is 11.9 Å². The molecule has 0 saturated carbocycles. The van der Waals surface area contributed by atoms with Crippen LogP contribution in [0, 0.1) is 10.8 Å². The van der Waals surface area contributed by atoms with E-state index in [1.807, 2.05) is 13.8 Å². The number of carboxylic acids is 2. The highest BCUT2D eigenvalue weighted by Crippen LogP contribution is 1.93. The van der Waals surface area contributed by atoms with Gasteiger partial charge in [0.1, 0.15) is 0 Å². The summed E-state index contributed by atoms with van der Waals surface area (Å²) >= 11 is 0. The third-order valence-corrected chi connectivity index (χ3v) is 1.70. The molecule has 0 aliphatic rings. The maximum Gasteiger partial charge on any atom is 0.330 e. The molecule has 6 nitrogen and oxygen atoms in total. The van der Waals surface area contributed by atoms with Gasteiger partial charge in [-0.2, -0.15) is 0 Å². The molecule has 0 fully saturated rings. The molecule has 6 heteroatoms. The van der Waals surface area contributed by atoms with E-state index >= 15 is 0 Å². The summed E-state index contributed by atoms with van der Waals surface area (Å²) in [4.78, 5) is 20.0. The van der Waals surface area contributed by atoms with Crippen LogP contribution < -0.4 is 0 Å². The first-order chi connectivity index (χ1) is 8.78. The van der Waals surface area contributed by atoms with Crippen LogP contribution in [0.25, 0.3) is 0 Å². The van der Waals surface area contributed by atoms with Crippen LogP contribution >= 0.6 is 0 Å². The van der Waals surface area contributed by atoms with Crippen molar-refractivity contribution in [3.05, 3.63) is 23.3 Å². The Morgan fingerprint density at radius 2 is 1.16 bits per heavy atom. The van der Waals surface area contributed by atoms with E-state index in [2.05, 4.69) is 0 Å². The van der Waals surface area contributed by atoms with Crippen molar-refractivity contribution < 1.29 is 19.8 Å². The minimum Gasteiger partial charge on any atom is -0.478 e. The van der Waals surface area contributed by atoms with Crippen LogP contribution in [0.15, 0.2) is 23.3 Å². The first-order valence-corrected chi connectivity index (χ1v) is 5.66. The normalized spacial score (nSPS) is 10.1. The van der Waals surface area contributed by atoms with Gasteiger partial charge in [-0.1, -0.05) is 26.0 Å². The summed E-state index contributed by atoms with van der Waals surface area (Å²) in [5, 5.41) is 27.7. The van der Waals surface area contributed by atoms with E-state index in [-0.39, 0.29) is 0 Å². The average Bonchev–Trinajstić information content (AvgIpc) is 2.31. The molecule has 0 saturated heterocycles. The number of hydrogen-bond donors (Lipinski definition) is 4. The molecule has 0 rings (SSSR count). The van der Waals surface area contributed by atoms with Gasteiger partial charge in [0.15, 0.2) is 0 Å². The molecule has 0 aliphatic carbocycles. The first kappa shape index (κ1) is 22.0. The van der Waals surface area contributed by atoms with E-state index < -0.39 is 11.9 Å². The SMILES string of the molecule is CCC=C(C)C(=O)O.CCC=C(C)C(=O)O.N=C=N. The quantitative estimate of drug-likeness (QED) is 0.462. The minimum atomic E-state index is -0.827. The lowest BCUT2D eigenvalue weighted by atomic mass is 10.2. The first-order valence-electron chi connectivity index (χ1n) is 5.66. The number of carbonyl (C=O) groups is 2. The van der Waals surface area contributed by atoms with Crippen LogP contribution in [-0.2, 0) is 9.59 Å². The summed E-state index contributed by atoms with van der Waals surface area (Å²) in [5.74, 6) is -1.65. The third kappa shape index (κ3) is 21.6. The van der Waals surface area contributed by atoms with Gasteiger partial charge in [-0.15, -0.1) is 0 Å². The molecule has 0 aromatic rings. The summed E-state index contributed by atoms with van der Waals surface area (Å²) in [6.45, 7) is 7.00. The van der Waals surface area contributed by atoms with Crippen molar-refractivity contribution >= 4 is 17.9 Å². The third-order valence-electron chi connectivity index (χ3n) is 1.70. The highest BCUT2D eigenvalue weighted by Gasteiger charge is 1.95. The Balaban J connectivity index is -0.000000224. The van der Waals surface area contributed by atoms with Crippen molar-refractivity contribution in [3.8, 4) is 0 Å². The average molecular weight is 270 g/mol. The van der Waals surface area contributed by atoms with Gasteiger partial charge in [-0.25, -0.2) is 20.4 Å². The summed E-state index contributed by atoms with van der Waals surface area (Å²) < 4.78 is 0. The predicted molar refractivity (Wildman–Crippen MR) is 73.8 cm³/mol. The summed E-state index contributed by atoms with van der Waals surface area (Å²) in [5.41, 5.74) is 0.847. The van der Waals surface area contributed by atoms with E-state index in [1.54, 1.807) is 26.0 Å². The molecular weight excluding hydrogens is 248 g/mol. The number of hydrogen-bond acceptors (Lipinski definition) is 4. The van der Waals surface area contributed by atoms with Crippen molar-refractivity contribution in [2.75, 3.05) is 0 Å². The molecule has 0 heterocycles. The largest absolute Gasteiger partial charge is 0.478 e. The van der Waals surface area contributed by atoms with E-state index in [1.165, 1.54) is 6.01 Å². The van der Waals surface area contributed by atoms with Gasteiger partial charge in [-0.05, 0) is 26.7 Å². The molecule has 108 valence electrons. The van der Waals surface area contributed by atoms with Gasteiger partial charge < -0.3 is 10.2 Å². The Hall–Kier alpha value is -2.20. The number of rotatable bonds is 4. The van der Waals surface area contributed by atoms with E-state index in [9.17, 15) is 9.59 Å². The van der Waals surface area contributed by atoms with Gasteiger partial charge in [0.2, 0.25) is 0 Å². The van der Waals surface area contributed by atoms with E-state index in [0.717, 1.165) is 12.8 Å². The molecule has 0 spiro atoms. The lowest BCUT2D eigenvalue weighted by Crippen LogP contribution is -1.94. The number of carboxylic acid groups (broad SMARTS) is 2. The van der Waals surface area contributed by atoms with Crippen LogP contribution in [0.3, 0.4) is 0 Å². The molecule has 0 atom stereocenters. The molecule has 0 aliphatic heterocycles. The molecule has 0 bridgehead atoms. The van der Waals surface area contributed by atoms with E-state index in [4.69, 9.17) is 21.0 Å². The van der Waals surface area contributed by atoms with Gasteiger partial charge in [0.25, 0.3) is 0 Å². The standard InChI is InChI=1S/2C6H10O2.CH2N2/c2*1-3-4-5(2)6(7)8;2-1-3/h2*4H,3H2,1-2H3,(H,7,8);2-3H. The van der Waals surface area contributed by atoms with Crippen LogP contribution in [0.2, 0.25) is 0 Å². The maximum atomic E-state index is 10.0. The fraction of sp³-hybridized carbons (Fsp3) is 0.462. The molecule has 0 radical (unpaired) electrons. The second-order valence-electron chi connectivity index (χ2n) is 3.33. The Morgan fingerprint density at radius 3 is 1.21 bits per heavy atom. The van der Waals surface area contributed by atoms with Gasteiger partial charge in [0, 0.05) is 11.1 Å². The van der Waals surface area contributed by atoms with Crippen molar-refractivity contribution in [2.24, 2.45) is 0 Å². The van der Waals surface area contributed by atoms with Gasteiger partial charge in [0.05, 0.1) is 6.01 Å². The molecule has 0 unspecified atom stereocenters. The monoisotopic (exact) mass is 270 g/mol.